The highest BCUT2D eigenvalue weighted by atomic mass is 32.2. The second kappa shape index (κ2) is 7.58. The number of benzene rings is 1. The molecule has 1 amide bonds. The summed E-state index contributed by atoms with van der Waals surface area (Å²) in [6.07, 6.45) is 0.455. The van der Waals surface area contributed by atoms with E-state index in [0.29, 0.717) is 30.8 Å². The van der Waals surface area contributed by atoms with E-state index in [2.05, 4.69) is 0 Å². The lowest BCUT2D eigenvalue weighted by molar-refractivity contribution is -0.159. The molecule has 1 saturated heterocycles. The van der Waals surface area contributed by atoms with Gasteiger partial charge >= 0.3 is 11.9 Å². The molecule has 1 aromatic carbocycles. The standard InChI is InChI=1S/C15H17F2NO3S/c1-2-21-15(20)14(19)18-6-5-13(22-8-7-18)11-9-10(16)3-4-12(11)17/h3-4,9,13H,2,5-8H2,1H3. The smallest absolute Gasteiger partial charge is 0.397 e. The van der Waals surface area contributed by atoms with Gasteiger partial charge in [0.05, 0.1) is 6.61 Å². The van der Waals surface area contributed by atoms with Gasteiger partial charge in [0.2, 0.25) is 0 Å². The summed E-state index contributed by atoms with van der Waals surface area (Å²) in [5, 5.41) is -0.240. The van der Waals surface area contributed by atoms with Gasteiger partial charge < -0.3 is 9.64 Å². The van der Waals surface area contributed by atoms with Crippen molar-refractivity contribution in [3.8, 4) is 0 Å². The maximum atomic E-state index is 13.8. The minimum atomic E-state index is -0.872. The number of ether oxygens (including phenoxy) is 1. The van der Waals surface area contributed by atoms with Gasteiger partial charge in [-0.15, -0.1) is 0 Å². The van der Waals surface area contributed by atoms with Crippen molar-refractivity contribution in [2.75, 3.05) is 25.4 Å². The molecule has 0 N–H and O–H groups in total. The van der Waals surface area contributed by atoms with Crippen LogP contribution in [-0.4, -0.2) is 42.2 Å². The highest BCUT2D eigenvalue weighted by molar-refractivity contribution is 7.99. The number of thioether (sulfide) groups is 1. The summed E-state index contributed by atoms with van der Waals surface area (Å²) < 4.78 is 31.8. The molecule has 1 aromatic rings. The maximum Gasteiger partial charge on any atom is 0.397 e. The average Bonchev–Trinajstić information content (AvgIpc) is 2.75. The molecule has 0 saturated carbocycles. The molecule has 1 fully saturated rings. The molecule has 1 aliphatic rings. The number of esters is 1. The Labute approximate surface area is 131 Å². The van der Waals surface area contributed by atoms with Gasteiger partial charge in [-0.05, 0) is 31.5 Å². The van der Waals surface area contributed by atoms with E-state index in [-0.39, 0.29) is 11.9 Å². The van der Waals surface area contributed by atoms with Gasteiger partial charge in [-0.3, -0.25) is 4.79 Å². The van der Waals surface area contributed by atoms with Gasteiger partial charge in [-0.1, -0.05) is 0 Å². The monoisotopic (exact) mass is 329 g/mol. The predicted molar refractivity (Wildman–Crippen MR) is 79.4 cm³/mol. The first-order valence-electron chi connectivity index (χ1n) is 7.05. The lowest BCUT2D eigenvalue weighted by atomic mass is 10.1. The van der Waals surface area contributed by atoms with Gasteiger partial charge in [0.15, 0.2) is 0 Å². The molecular formula is C15H17F2NO3S. The van der Waals surface area contributed by atoms with E-state index >= 15 is 0 Å². The number of halogens is 2. The zero-order valence-corrected chi connectivity index (χ0v) is 13.0. The quantitative estimate of drug-likeness (QED) is 0.618. The molecule has 0 aliphatic carbocycles. The van der Waals surface area contributed by atoms with Crippen molar-refractivity contribution in [3.05, 3.63) is 35.4 Å². The van der Waals surface area contributed by atoms with E-state index in [1.807, 2.05) is 0 Å². The number of hydrogen-bond acceptors (Lipinski definition) is 4. The number of rotatable bonds is 2. The number of nitrogens with zero attached hydrogens (tertiary/aromatic N) is 1. The number of amides is 1. The molecule has 0 bridgehead atoms. The SMILES string of the molecule is CCOC(=O)C(=O)N1CCSC(c2cc(F)ccc2F)CC1. The lowest BCUT2D eigenvalue weighted by Gasteiger charge is -2.19. The number of carbonyl (C=O) groups is 2. The van der Waals surface area contributed by atoms with E-state index in [4.69, 9.17) is 4.74 Å². The van der Waals surface area contributed by atoms with Crippen LogP contribution in [0, 0.1) is 11.6 Å². The second-order valence-corrected chi connectivity index (χ2v) is 6.14. The molecule has 0 aromatic heterocycles. The summed E-state index contributed by atoms with van der Waals surface area (Å²) in [6.45, 7) is 2.47. The first-order chi connectivity index (χ1) is 10.5. The Hall–Kier alpha value is -1.63. The van der Waals surface area contributed by atoms with Crippen LogP contribution in [0.2, 0.25) is 0 Å². The van der Waals surface area contributed by atoms with Gasteiger partial charge in [0.1, 0.15) is 11.6 Å². The van der Waals surface area contributed by atoms with Gasteiger partial charge in [-0.25, -0.2) is 13.6 Å². The molecule has 0 spiro atoms. The molecule has 2 rings (SSSR count). The lowest BCUT2D eigenvalue weighted by Crippen LogP contribution is -2.39. The van der Waals surface area contributed by atoms with Crippen LogP contribution in [0.5, 0.6) is 0 Å². The zero-order valence-electron chi connectivity index (χ0n) is 12.2. The van der Waals surface area contributed by atoms with Crippen molar-refractivity contribution in [3.63, 3.8) is 0 Å². The van der Waals surface area contributed by atoms with E-state index in [1.165, 1.54) is 22.7 Å². The van der Waals surface area contributed by atoms with Crippen molar-refractivity contribution in [2.45, 2.75) is 18.6 Å². The third-order valence-corrected chi connectivity index (χ3v) is 4.69. The first kappa shape index (κ1) is 16.7. The Bertz CT molecular complexity index is 568. The molecule has 7 heteroatoms. The predicted octanol–water partition coefficient (Wildman–Crippen LogP) is 2.53. The Morgan fingerprint density at radius 2 is 2.14 bits per heavy atom. The Morgan fingerprint density at radius 3 is 2.86 bits per heavy atom. The molecule has 0 radical (unpaired) electrons. The van der Waals surface area contributed by atoms with E-state index in [0.717, 1.165) is 12.1 Å². The van der Waals surface area contributed by atoms with Gasteiger partial charge in [-0.2, -0.15) is 11.8 Å². The molecule has 1 atom stereocenters. The normalized spacial score (nSPS) is 18.7. The fourth-order valence-corrected chi connectivity index (χ4v) is 3.55. The van der Waals surface area contributed by atoms with E-state index in [1.54, 1.807) is 6.92 Å². The first-order valence-corrected chi connectivity index (χ1v) is 8.10. The number of carbonyl (C=O) groups excluding carboxylic acids is 2. The van der Waals surface area contributed by atoms with Crippen LogP contribution in [0.3, 0.4) is 0 Å². The molecule has 1 heterocycles. The van der Waals surface area contributed by atoms with E-state index < -0.39 is 23.5 Å². The Kier molecular flexibility index (Phi) is 5.76. The summed E-state index contributed by atoms with van der Waals surface area (Å²) in [7, 11) is 0. The zero-order chi connectivity index (χ0) is 16.1. The van der Waals surface area contributed by atoms with Crippen molar-refractivity contribution in [2.24, 2.45) is 0 Å². The van der Waals surface area contributed by atoms with Crippen molar-refractivity contribution < 1.29 is 23.1 Å². The molecular weight excluding hydrogens is 312 g/mol. The largest absolute Gasteiger partial charge is 0.459 e. The fraction of sp³-hybridized carbons (Fsp3) is 0.467. The van der Waals surface area contributed by atoms with Crippen LogP contribution >= 0.6 is 11.8 Å². The Morgan fingerprint density at radius 1 is 1.36 bits per heavy atom. The van der Waals surface area contributed by atoms with Crippen LogP contribution < -0.4 is 0 Å². The van der Waals surface area contributed by atoms with Crippen LogP contribution in [0.4, 0.5) is 8.78 Å². The molecule has 4 nitrogen and oxygen atoms in total. The highest BCUT2D eigenvalue weighted by Crippen LogP contribution is 2.36. The molecule has 22 heavy (non-hydrogen) atoms. The fourth-order valence-electron chi connectivity index (χ4n) is 2.31. The number of hydrogen-bond donors (Lipinski definition) is 0. The van der Waals surface area contributed by atoms with Crippen LogP contribution in [-0.2, 0) is 14.3 Å². The third kappa shape index (κ3) is 3.97. The third-order valence-electron chi connectivity index (χ3n) is 3.38. The second-order valence-electron chi connectivity index (χ2n) is 4.83. The molecule has 120 valence electrons. The molecule has 1 unspecified atom stereocenters. The summed E-state index contributed by atoms with van der Waals surface area (Å²) in [5.41, 5.74) is 0.301. The highest BCUT2D eigenvalue weighted by Gasteiger charge is 2.28. The summed E-state index contributed by atoms with van der Waals surface area (Å²) >= 11 is 1.45. The summed E-state index contributed by atoms with van der Waals surface area (Å²) in [4.78, 5) is 24.8. The van der Waals surface area contributed by atoms with Crippen LogP contribution in [0.15, 0.2) is 18.2 Å². The van der Waals surface area contributed by atoms with Crippen LogP contribution in [0.25, 0.3) is 0 Å². The van der Waals surface area contributed by atoms with Crippen molar-refractivity contribution in [1.29, 1.82) is 0 Å². The average molecular weight is 329 g/mol. The summed E-state index contributed by atoms with van der Waals surface area (Å²) in [6, 6.07) is 3.38. The minimum absolute atomic E-state index is 0.143. The van der Waals surface area contributed by atoms with Gasteiger partial charge in [0.25, 0.3) is 0 Å². The van der Waals surface area contributed by atoms with Crippen molar-refractivity contribution in [1.82, 2.24) is 4.90 Å². The summed E-state index contributed by atoms with van der Waals surface area (Å²) in [5.74, 6) is -1.94. The maximum absolute atomic E-state index is 13.8. The Balaban J connectivity index is 2.05. The molecule has 1 aliphatic heterocycles. The van der Waals surface area contributed by atoms with E-state index in [9.17, 15) is 18.4 Å². The topological polar surface area (TPSA) is 46.6 Å². The van der Waals surface area contributed by atoms with Crippen LogP contribution in [0.1, 0.15) is 24.2 Å². The van der Waals surface area contributed by atoms with Gasteiger partial charge in [0, 0.05) is 29.7 Å². The van der Waals surface area contributed by atoms with Crippen molar-refractivity contribution >= 4 is 23.6 Å². The minimum Gasteiger partial charge on any atom is -0.459 e.